The van der Waals surface area contributed by atoms with Gasteiger partial charge in [-0.2, -0.15) is 0 Å². The monoisotopic (exact) mass is 330 g/mol. The fourth-order valence-electron chi connectivity index (χ4n) is 2.73. The smallest absolute Gasteiger partial charge is 0.264 e. The maximum Gasteiger partial charge on any atom is 0.264 e. The van der Waals surface area contributed by atoms with E-state index in [2.05, 4.69) is 24.0 Å². The van der Waals surface area contributed by atoms with Gasteiger partial charge in [0.05, 0.1) is 4.88 Å². The first-order valence-electron chi connectivity index (χ1n) is 7.97. The molecule has 0 N–H and O–H groups in total. The van der Waals surface area contributed by atoms with Crippen LogP contribution in [0.15, 0.2) is 41.8 Å². The van der Waals surface area contributed by atoms with Crippen molar-refractivity contribution in [3.05, 3.63) is 52.2 Å². The highest BCUT2D eigenvalue weighted by molar-refractivity contribution is 7.12. The molecule has 2 heterocycles. The van der Waals surface area contributed by atoms with Gasteiger partial charge < -0.3 is 9.64 Å². The fraction of sp³-hybridized carbons (Fsp3) is 0.389. The van der Waals surface area contributed by atoms with Gasteiger partial charge in [-0.15, -0.1) is 11.3 Å². The number of carbonyl (C=O) groups excluding carboxylic acids is 1. The number of ether oxygens (including phenoxy) is 1. The van der Waals surface area contributed by atoms with Crippen LogP contribution in [0.5, 0.6) is 5.75 Å². The number of rotatable bonds is 5. The summed E-state index contributed by atoms with van der Waals surface area (Å²) in [5.74, 6) is 1.09. The molecule has 4 nitrogen and oxygen atoms in total. The zero-order chi connectivity index (χ0) is 16.1. The molecule has 0 bridgehead atoms. The van der Waals surface area contributed by atoms with Crippen LogP contribution in [0.2, 0.25) is 0 Å². The maximum atomic E-state index is 12.3. The molecule has 0 spiro atoms. The molecule has 0 unspecified atom stereocenters. The molecule has 0 aliphatic carbocycles. The maximum absolute atomic E-state index is 12.3. The Bertz CT molecular complexity index is 634. The van der Waals surface area contributed by atoms with Crippen LogP contribution >= 0.6 is 11.3 Å². The molecule has 1 aliphatic heterocycles. The van der Waals surface area contributed by atoms with E-state index in [9.17, 15) is 4.79 Å². The van der Waals surface area contributed by atoms with Gasteiger partial charge in [0.1, 0.15) is 12.4 Å². The van der Waals surface area contributed by atoms with Gasteiger partial charge in [0.2, 0.25) is 0 Å². The second kappa shape index (κ2) is 7.62. The van der Waals surface area contributed by atoms with Crippen molar-refractivity contribution >= 4 is 17.2 Å². The first-order chi connectivity index (χ1) is 11.2. The first kappa shape index (κ1) is 16.0. The number of hydrogen-bond donors (Lipinski definition) is 0. The minimum atomic E-state index is 0.163. The van der Waals surface area contributed by atoms with E-state index in [1.165, 1.54) is 16.9 Å². The minimum Gasteiger partial charge on any atom is -0.492 e. The quantitative estimate of drug-likeness (QED) is 0.845. The van der Waals surface area contributed by atoms with E-state index in [0.717, 1.165) is 43.4 Å². The average molecular weight is 330 g/mol. The fourth-order valence-corrected chi connectivity index (χ4v) is 3.42. The summed E-state index contributed by atoms with van der Waals surface area (Å²) in [5, 5.41) is 1.95. The molecule has 0 saturated carbocycles. The second-order valence-electron chi connectivity index (χ2n) is 5.78. The summed E-state index contributed by atoms with van der Waals surface area (Å²) in [7, 11) is 0. The van der Waals surface area contributed by atoms with Crippen molar-refractivity contribution in [2.45, 2.75) is 6.92 Å². The Morgan fingerprint density at radius 1 is 1.17 bits per heavy atom. The van der Waals surface area contributed by atoms with E-state index in [-0.39, 0.29) is 5.91 Å². The van der Waals surface area contributed by atoms with E-state index in [4.69, 9.17) is 4.74 Å². The summed E-state index contributed by atoms with van der Waals surface area (Å²) < 4.78 is 5.80. The lowest BCUT2D eigenvalue weighted by Crippen LogP contribution is -2.49. The number of aryl methyl sites for hydroxylation is 1. The van der Waals surface area contributed by atoms with E-state index < -0.39 is 0 Å². The zero-order valence-electron chi connectivity index (χ0n) is 13.4. The number of amides is 1. The summed E-state index contributed by atoms with van der Waals surface area (Å²) in [6.07, 6.45) is 0. The molecule has 1 aromatic heterocycles. The molecular formula is C18H22N2O2S. The molecule has 122 valence electrons. The van der Waals surface area contributed by atoms with Gasteiger partial charge >= 0.3 is 0 Å². The van der Waals surface area contributed by atoms with Gasteiger partial charge in [0, 0.05) is 32.7 Å². The Balaban J connectivity index is 1.40. The number of benzene rings is 1. The molecule has 0 atom stereocenters. The highest BCUT2D eigenvalue weighted by Gasteiger charge is 2.22. The third kappa shape index (κ3) is 4.33. The van der Waals surface area contributed by atoms with Gasteiger partial charge in [-0.05, 0) is 36.1 Å². The van der Waals surface area contributed by atoms with E-state index in [0.29, 0.717) is 6.61 Å². The van der Waals surface area contributed by atoms with Crippen LogP contribution in [0, 0.1) is 6.92 Å². The Morgan fingerprint density at radius 2 is 2.00 bits per heavy atom. The number of hydrogen-bond acceptors (Lipinski definition) is 4. The lowest BCUT2D eigenvalue weighted by atomic mass is 10.2. The lowest BCUT2D eigenvalue weighted by Gasteiger charge is -2.34. The topological polar surface area (TPSA) is 32.8 Å². The van der Waals surface area contributed by atoms with Gasteiger partial charge in [-0.1, -0.05) is 18.2 Å². The standard InChI is InChI=1S/C18H22N2O2S/c1-15-4-2-5-16(14-15)22-12-11-19-7-9-20(10-8-19)18(21)17-6-3-13-23-17/h2-6,13-14H,7-12H2,1H3. The van der Waals surface area contributed by atoms with E-state index in [1.807, 2.05) is 34.5 Å². The number of piperazine rings is 1. The molecule has 1 amide bonds. The van der Waals surface area contributed by atoms with Crippen LogP contribution in [-0.4, -0.2) is 55.0 Å². The van der Waals surface area contributed by atoms with E-state index in [1.54, 1.807) is 0 Å². The van der Waals surface area contributed by atoms with Crippen molar-refractivity contribution in [2.24, 2.45) is 0 Å². The third-order valence-electron chi connectivity index (χ3n) is 4.06. The summed E-state index contributed by atoms with van der Waals surface area (Å²) in [6, 6.07) is 11.9. The van der Waals surface area contributed by atoms with Crippen molar-refractivity contribution < 1.29 is 9.53 Å². The molecule has 2 aromatic rings. The van der Waals surface area contributed by atoms with Crippen molar-refractivity contribution in [2.75, 3.05) is 39.3 Å². The van der Waals surface area contributed by atoms with Crippen molar-refractivity contribution in [3.8, 4) is 5.75 Å². The average Bonchev–Trinajstić information content (AvgIpc) is 3.09. The normalized spacial score (nSPS) is 15.6. The molecule has 1 fully saturated rings. The molecule has 3 rings (SSSR count). The Hall–Kier alpha value is -1.85. The Morgan fingerprint density at radius 3 is 2.70 bits per heavy atom. The van der Waals surface area contributed by atoms with Gasteiger partial charge in [-0.3, -0.25) is 9.69 Å². The molecule has 1 aliphatic rings. The van der Waals surface area contributed by atoms with Crippen LogP contribution in [-0.2, 0) is 0 Å². The van der Waals surface area contributed by atoms with Crippen LogP contribution in [0.1, 0.15) is 15.2 Å². The number of carbonyl (C=O) groups is 1. The largest absolute Gasteiger partial charge is 0.492 e. The van der Waals surface area contributed by atoms with Gasteiger partial charge in [-0.25, -0.2) is 0 Å². The summed E-state index contributed by atoms with van der Waals surface area (Å²) in [4.78, 5) is 17.4. The minimum absolute atomic E-state index is 0.163. The van der Waals surface area contributed by atoms with Crippen LogP contribution < -0.4 is 4.74 Å². The summed E-state index contributed by atoms with van der Waals surface area (Å²) in [5.41, 5.74) is 1.21. The summed E-state index contributed by atoms with van der Waals surface area (Å²) in [6.45, 7) is 7.05. The Kier molecular flexibility index (Phi) is 5.31. The number of nitrogens with zero attached hydrogens (tertiary/aromatic N) is 2. The molecule has 1 saturated heterocycles. The molecule has 23 heavy (non-hydrogen) atoms. The number of thiophene rings is 1. The predicted molar refractivity (Wildman–Crippen MR) is 93.3 cm³/mol. The highest BCUT2D eigenvalue weighted by Crippen LogP contribution is 2.14. The van der Waals surface area contributed by atoms with Crippen LogP contribution in [0.4, 0.5) is 0 Å². The van der Waals surface area contributed by atoms with Crippen LogP contribution in [0.3, 0.4) is 0 Å². The lowest BCUT2D eigenvalue weighted by molar-refractivity contribution is 0.0625. The zero-order valence-corrected chi connectivity index (χ0v) is 14.2. The van der Waals surface area contributed by atoms with Crippen LogP contribution in [0.25, 0.3) is 0 Å². The SMILES string of the molecule is Cc1cccc(OCCN2CCN(C(=O)c3cccs3)CC2)c1. The van der Waals surface area contributed by atoms with Gasteiger partial charge in [0.15, 0.2) is 0 Å². The highest BCUT2D eigenvalue weighted by atomic mass is 32.1. The first-order valence-corrected chi connectivity index (χ1v) is 8.85. The van der Waals surface area contributed by atoms with Crippen molar-refractivity contribution in [1.29, 1.82) is 0 Å². The van der Waals surface area contributed by atoms with Crippen molar-refractivity contribution in [1.82, 2.24) is 9.80 Å². The van der Waals surface area contributed by atoms with E-state index >= 15 is 0 Å². The second-order valence-corrected chi connectivity index (χ2v) is 6.72. The molecule has 5 heteroatoms. The Labute approximate surface area is 141 Å². The molecule has 1 aromatic carbocycles. The summed E-state index contributed by atoms with van der Waals surface area (Å²) >= 11 is 1.51. The van der Waals surface area contributed by atoms with Crippen molar-refractivity contribution in [3.63, 3.8) is 0 Å². The third-order valence-corrected chi connectivity index (χ3v) is 4.92. The predicted octanol–water partition coefficient (Wildman–Crippen LogP) is 2.89. The molecular weight excluding hydrogens is 308 g/mol. The van der Waals surface area contributed by atoms with Gasteiger partial charge in [0.25, 0.3) is 5.91 Å². The molecule has 0 radical (unpaired) electrons.